The summed E-state index contributed by atoms with van der Waals surface area (Å²) in [5.74, 6) is -0.477. The average molecular weight is 393 g/mol. The first kappa shape index (κ1) is 19.9. The van der Waals surface area contributed by atoms with Crippen molar-refractivity contribution in [2.45, 2.75) is 44.9 Å². The fraction of sp³-hybridized carbons (Fsp3) is 0.500. The van der Waals surface area contributed by atoms with Gasteiger partial charge in [-0.3, -0.25) is 14.5 Å². The van der Waals surface area contributed by atoms with E-state index in [4.69, 9.17) is 16.3 Å². The third-order valence-electron chi connectivity index (χ3n) is 5.34. The van der Waals surface area contributed by atoms with Crippen LogP contribution in [0.1, 0.15) is 25.8 Å². The first-order valence-electron chi connectivity index (χ1n) is 9.28. The minimum atomic E-state index is -0.827. The zero-order valence-corrected chi connectivity index (χ0v) is 16.3. The maximum absolute atomic E-state index is 11.5. The van der Waals surface area contributed by atoms with Crippen molar-refractivity contribution < 1.29 is 9.84 Å². The van der Waals surface area contributed by atoms with Crippen LogP contribution in [0, 0.1) is 0 Å². The fourth-order valence-electron chi connectivity index (χ4n) is 3.51. The lowest BCUT2D eigenvalue weighted by Crippen LogP contribution is -2.55. The van der Waals surface area contributed by atoms with Gasteiger partial charge in [0, 0.05) is 30.2 Å². The summed E-state index contributed by atoms with van der Waals surface area (Å²) < 4.78 is 6.00. The number of hydrogen-bond donors (Lipinski definition) is 2. The molecule has 3 rings (SSSR count). The summed E-state index contributed by atoms with van der Waals surface area (Å²) >= 11 is 5.97. The van der Waals surface area contributed by atoms with Gasteiger partial charge in [-0.25, -0.2) is 0 Å². The Morgan fingerprint density at radius 2 is 2.00 bits per heavy atom. The summed E-state index contributed by atoms with van der Waals surface area (Å²) in [4.78, 5) is 25.0. The summed E-state index contributed by atoms with van der Waals surface area (Å²) in [6.07, 6.45) is 1.78. The van der Waals surface area contributed by atoms with Gasteiger partial charge in [0.05, 0.1) is 12.7 Å². The maximum atomic E-state index is 11.5. The molecule has 6 nitrogen and oxygen atoms in total. The monoisotopic (exact) mass is 392 g/mol. The molecule has 0 radical (unpaired) electrons. The van der Waals surface area contributed by atoms with Crippen molar-refractivity contribution in [1.82, 2.24) is 4.90 Å². The molecule has 1 fully saturated rings. The number of nitrogens with zero attached hydrogens (tertiary/aromatic N) is 1. The molecular formula is C20H25ClN2O4. The Kier molecular flexibility index (Phi) is 6.19. The van der Waals surface area contributed by atoms with Gasteiger partial charge in [-0.15, -0.1) is 0 Å². The van der Waals surface area contributed by atoms with Gasteiger partial charge < -0.3 is 15.2 Å². The van der Waals surface area contributed by atoms with Gasteiger partial charge in [0.1, 0.15) is 5.69 Å². The number of morpholine rings is 1. The van der Waals surface area contributed by atoms with Gasteiger partial charge in [-0.2, -0.15) is 0 Å². The Morgan fingerprint density at radius 3 is 2.63 bits per heavy atom. The van der Waals surface area contributed by atoms with Gasteiger partial charge in [-0.1, -0.05) is 30.7 Å². The van der Waals surface area contributed by atoms with Crippen LogP contribution in [0.15, 0.2) is 33.9 Å². The average Bonchev–Trinajstić information content (AvgIpc) is 2.69. The predicted molar refractivity (Wildman–Crippen MR) is 107 cm³/mol. The van der Waals surface area contributed by atoms with Crippen molar-refractivity contribution in [3.05, 3.63) is 55.3 Å². The van der Waals surface area contributed by atoms with Gasteiger partial charge in [0.2, 0.25) is 0 Å². The van der Waals surface area contributed by atoms with Crippen LogP contribution in [0.2, 0.25) is 5.02 Å². The van der Waals surface area contributed by atoms with Crippen molar-refractivity contribution in [3.63, 3.8) is 0 Å². The van der Waals surface area contributed by atoms with Crippen LogP contribution in [0.25, 0.3) is 0 Å². The van der Waals surface area contributed by atoms with Crippen molar-refractivity contribution in [3.8, 4) is 5.75 Å². The molecule has 27 heavy (non-hydrogen) atoms. The Labute approximate surface area is 163 Å². The molecule has 1 aliphatic heterocycles. The second-order valence-corrected chi connectivity index (χ2v) is 7.59. The number of benzene rings is 1. The zero-order chi connectivity index (χ0) is 19.6. The largest absolute Gasteiger partial charge is 0.502 e. The van der Waals surface area contributed by atoms with Gasteiger partial charge in [0.15, 0.2) is 5.75 Å². The highest BCUT2D eigenvalue weighted by molar-refractivity contribution is 6.30. The van der Waals surface area contributed by atoms with E-state index in [0.717, 1.165) is 24.4 Å². The van der Waals surface area contributed by atoms with Crippen molar-refractivity contribution in [2.75, 3.05) is 25.0 Å². The van der Waals surface area contributed by atoms with E-state index in [1.54, 1.807) is 0 Å². The van der Waals surface area contributed by atoms with Crippen LogP contribution in [-0.2, 0) is 11.2 Å². The van der Waals surface area contributed by atoms with Gasteiger partial charge in [0.25, 0.3) is 10.9 Å². The first-order valence-corrected chi connectivity index (χ1v) is 9.66. The molecule has 1 unspecified atom stereocenters. The smallest absolute Gasteiger partial charge is 0.271 e. The minimum Gasteiger partial charge on any atom is -0.502 e. The summed E-state index contributed by atoms with van der Waals surface area (Å²) in [5.41, 5.74) is -0.275. The van der Waals surface area contributed by atoms with Crippen molar-refractivity contribution in [2.24, 2.45) is 0 Å². The molecule has 0 aliphatic carbocycles. The second-order valence-electron chi connectivity index (χ2n) is 7.16. The van der Waals surface area contributed by atoms with Crippen LogP contribution in [0.3, 0.4) is 0 Å². The second kappa shape index (κ2) is 8.42. The number of halogens is 1. The normalized spacial score (nSPS) is 22.0. The van der Waals surface area contributed by atoms with Gasteiger partial charge >= 0.3 is 0 Å². The highest BCUT2D eigenvalue weighted by Crippen LogP contribution is 2.22. The Balaban J connectivity index is 1.62. The molecule has 2 aromatic carbocycles. The highest BCUT2D eigenvalue weighted by atomic mass is 35.5. The SMILES string of the molecule is CCC(C)N1C[C@H](CNc2c(O)c(=O)c2=O)OC[C@@H]1Cc1ccc(Cl)cc1. The lowest BCUT2D eigenvalue weighted by atomic mass is 10.0. The Morgan fingerprint density at radius 1 is 1.30 bits per heavy atom. The van der Waals surface area contributed by atoms with E-state index in [9.17, 15) is 14.7 Å². The van der Waals surface area contributed by atoms with Crippen LogP contribution in [0.4, 0.5) is 5.69 Å². The summed E-state index contributed by atoms with van der Waals surface area (Å²) in [6.45, 7) is 6.04. The molecule has 0 amide bonds. The van der Waals surface area contributed by atoms with Crippen molar-refractivity contribution in [1.29, 1.82) is 0 Å². The molecule has 2 aromatic rings. The molecule has 0 saturated carbocycles. The standard InChI is InChI=1S/C20H25ClN2O4/c1-3-12(2)23-10-16(9-22-17-18(24)20(26)19(17)25)27-11-15(23)8-13-4-6-14(21)7-5-13/h4-7,12,15-16,22,24H,3,8-11H2,1-2H3/t12?,15-,16-/m0/s1. The number of ether oxygens (including phenoxy) is 1. The lowest BCUT2D eigenvalue weighted by molar-refractivity contribution is -0.0712. The van der Waals surface area contributed by atoms with Crippen LogP contribution in [-0.4, -0.2) is 47.9 Å². The van der Waals surface area contributed by atoms with E-state index in [-0.39, 0.29) is 17.8 Å². The number of anilines is 1. The molecule has 0 bridgehead atoms. The van der Waals surface area contributed by atoms with Gasteiger partial charge in [-0.05, 0) is 37.5 Å². The minimum absolute atomic E-state index is 0.00183. The number of rotatable bonds is 7. The molecule has 1 heterocycles. The first-order chi connectivity index (χ1) is 12.9. The summed E-state index contributed by atoms with van der Waals surface area (Å²) in [7, 11) is 0. The lowest BCUT2D eigenvalue weighted by Gasteiger charge is -2.43. The maximum Gasteiger partial charge on any atom is 0.271 e. The number of hydrogen-bond acceptors (Lipinski definition) is 6. The van der Waals surface area contributed by atoms with Crippen LogP contribution in [0.5, 0.6) is 5.75 Å². The third-order valence-corrected chi connectivity index (χ3v) is 5.59. The Bertz CT molecular complexity index is 845. The van der Waals surface area contributed by atoms with Crippen LogP contribution < -0.4 is 16.2 Å². The third kappa shape index (κ3) is 4.34. The number of aromatic hydroxyl groups is 1. The topological polar surface area (TPSA) is 78.9 Å². The van der Waals surface area contributed by atoms with E-state index in [0.29, 0.717) is 19.2 Å². The molecule has 0 aromatic heterocycles. The van der Waals surface area contributed by atoms with E-state index < -0.39 is 16.6 Å². The summed E-state index contributed by atoms with van der Waals surface area (Å²) in [6, 6.07) is 8.54. The molecule has 1 aliphatic rings. The quantitative estimate of drug-likeness (QED) is 0.703. The molecular weight excluding hydrogens is 368 g/mol. The molecule has 3 atom stereocenters. The van der Waals surface area contributed by atoms with E-state index in [2.05, 4.69) is 24.1 Å². The molecule has 0 spiro atoms. The molecule has 146 valence electrons. The molecule has 1 saturated heterocycles. The molecule has 2 N–H and O–H groups in total. The summed E-state index contributed by atoms with van der Waals surface area (Å²) in [5, 5.41) is 13.1. The molecule has 7 heteroatoms. The highest BCUT2D eigenvalue weighted by Gasteiger charge is 2.32. The predicted octanol–water partition coefficient (Wildman–Crippen LogP) is 2.16. The van der Waals surface area contributed by atoms with E-state index >= 15 is 0 Å². The zero-order valence-electron chi connectivity index (χ0n) is 15.6. The number of nitrogens with one attached hydrogen (secondary N) is 1. The van der Waals surface area contributed by atoms with E-state index in [1.807, 2.05) is 24.3 Å². The Hall–Kier alpha value is -1.89. The van der Waals surface area contributed by atoms with Crippen LogP contribution >= 0.6 is 11.6 Å². The van der Waals surface area contributed by atoms with Crippen molar-refractivity contribution >= 4 is 17.3 Å². The van der Waals surface area contributed by atoms with E-state index in [1.165, 1.54) is 5.56 Å². The fourth-order valence-corrected chi connectivity index (χ4v) is 3.63.